The van der Waals surface area contributed by atoms with E-state index in [2.05, 4.69) is 19.2 Å². The van der Waals surface area contributed by atoms with Crippen LogP contribution in [0.15, 0.2) is 24.3 Å². The van der Waals surface area contributed by atoms with Gasteiger partial charge in [0.1, 0.15) is 5.41 Å². The molecule has 1 aromatic carbocycles. The van der Waals surface area contributed by atoms with Crippen LogP contribution < -0.4 is 5.32 Å². The van der Waals surface area contributed by atoms with Gasteiger partial charge in [-0.05, 0) is 42.9 Å². The summed E-state index contributed by atoms with van der Waals surface area (Å²) >= 11 is 0. The quantitative estimate of drug-likeness (QED) is 0.801. The van der Waals surface area contributed by atoms with Crippen molar-refractivity contribution in [3.8, 4) is 0 Å². The van der Waals surface area contributed by atoms with Crippen molar-refractivity contribution < 1.29 is 14.7 Å². The van der Waals surface area contributed by atoms with Gasteiger partial charge in [-0.25, -0.2) is 0 Å². The molecule has 1 aliphatic carbocycles. The second kappa shape index (κ2) is 5.03. The van der Waals surface area contributed by atoms with Crippen LogP contribution in [0, 0.1) is 5.41 Å². The molecule has 1 amide bonds. The van der Waals surface area contributed by atoms with Crippen molar-refractivity contribution in [3.63, 3.8) is 0 Å². The number of carboxylic acid groups (broad SMARTS) is 1. The molecule has 0 aromatic heterocycles. The Bertz CT molecular complexity index is 489. The van der Waals surface area contributed by atoms with Gasteiger partial charge >= 0.3 is 5.97 Å². The van der Waals surface area contributed by atoms with E-state index in [9.17, 15) is 9.59 Å². The maximum absolute atomic E-state index is 11.9. The monoisotopic (exact) mass is 261 g/mol. The number of hydrogen-bond donors (Lipinski definition) is 2. The van der Waals surface area contributed by atoms with Crippen molar-refractivity contribution >= 4 is 17.6 Å². The average molecular weight is 261 g/mol. The van der Waals surface area contributed by atoms with Crippen LogP contribution in [0.2, 0.25) is 0 Å². The van der Waals surface area contributed by atoms with Gasteiger partial charge in [0.25, 0.3) is 0 Å². The highest BCUT2D eigenvalue weighted by Gasteiger charge is 2.57. The lowest BCUT2D eigenvalue weighted by Crippen LogP contribution is -2.31. The summed E-state index contributed by atoms with van der Waals surface area (Å²) in [7, 11) is 0. The van der Waals surface area contributed by atoms with Crippen LogP contribution in [0.1, 0.15) is 44.6 Å². The first-order chi connectivity index (χ1) is 8.99. The maximum atomic E-state index is 11.9. The molecule has 4 nitrogen and oxygen atoms in total. The van der Waals surface area contributed by atoms with E-state index in [0.717, 1.165) is 6.42 Å². The van der Waals surface area contributed by atoms with Gasteiger partial charge in [-0.2, -0.15) is 0 Å². The van der Waals surface area contributed by atoms with Gasteiger partial charge in [-0.3, -0.25) is 9.59 Å². The van der Waals surface area contributed by atoms with E-state index in [1.807, 2.05) is 24.3 Å². The van der Waals surface area contributed by atoms with E-state index in [1.165, 1.54) is 5.56 Å². The summed E-state index contributed by atoms with van der Waals surface area (Å²) in [5.74, 6) is -0.948. The molecule has 0 aliphatic heterocycles. The van der Waals surface area contributed by atoms with Gasteiger partial charge in [0.15, 0.2) is 0 Å². The SMILES string of the molecule is CCC(C)c1ccc(NC(=O)C2(C(=O)O)CC2)cc1. The van der Waals surface area contributed by atoms with Crippen LogP contribution in [0.4, 0.5) is 5.69 Å². The van der Waals surface area contributed by atoms with Crippen LogP contribution in [-0.4, -0.2) is 17.0 Å². The van der Waals surface area contributed by atoms with Crippen molar-refractivity contribution in [2.24, 2.45) is 5.41 Å². The number of aliphatic carboxylic acids is 1. The Morgan fingerprint density at radius 3 is 2.32 bits per heavy atom. The summed E-state index contributed by atoms with van der Waals surface area (Å²) in [6.45, 7) is 4.28. The molecule has 1 fully saturated rings. The highest BCUT2D eigenvalue weighted by molar-refractivity contribution is 6.10. The molecular weight excluding hydrogens is 242 g/mol. The third-order valence-electron chi connectivity index (χ3n) is 3.94. The zero-order valence-corrected chi connectivity index (χ0v) is 11.3. The molecule has 19 heavy (non-hydrogen) atoms. The zero-order chi connectivity index (χ0) is 14.0. The van der Waals surface area contributed by atoms with Gasteiger partial charge in [0.05, 0.1) is 0 Å². The van der Waals surface area contributed by atoms with E-state index in [1.54, 1.807) is 0 Å². The van der Waals surface area contributed by atoms with Crippen molar-refractivity contribution in [3.05, 3.63) is 29.8 Å². The number of hydrogen-bond acceptors (Lipinski definition) is 2. The first-order valence-electron chi connectivity index (χ1n) is 6.64. The number of carbonyl (C=O) groups excluding carboxylic acids is 1. The fourth-order valence-electron chi connectivity index (χ4n) is 2.04. The lowest BCUT2D eigenvalue weighted by atomic mass is 9.98. The lowest BCUT2D eigenvalue weighted by molar-refractivity contribution is -0.147. The zero-order valence-electron chi connectivity index (χ0n) is 11.3. The van der Waals surface area contributed by atoms with Crippen LogP contribution in [0.5, 0.6) is 0 Å². The second-order valence-electron chi connectivity index (χ2n) is 5.27. The molecule has 1 aliphatic rings. The summed E-state index contributed by atoms with van der Waals surface area (Å²) in [4.78, 5) is 23.0. The first-order valence-corrected chi connectivity index (χ1v) is 6.64. The molecular formula is C15H19NO3. The van der Waals surface area contributed by atoms with Gasteiger partial charge in [0.2, 0.25) is 5.91 Å². The summed E-state index contributed by atoms with van der Waals surface area (Å²) in [5.41, 5.74) is 0.694. The summed E-state index contributed by atoms with van der Waals surface area (Å²) in [5, 5.41) is 11.7. The topological polar surface area (TPSA) is 66.4 Å². The smallest absolute Gasteiger partial charge is 0.319 e. The fraction of sp³-hybridized carbons (Fsp3) is 0.467. The van der Waals surface area contributed by atoms with Crippen LogP contribution in [-0.2, 0) is 9.59 Å². The minimum atomic E-state index is -1.19. The third-order valence-corrected chi connectivity index (χ3v) is 3.94. The van der Waals surface area contributed by atoms with E-state index in [0.29, 0.717) is 24.4 Å². The number of carboxylic acids is 1. The highest BCUT2D eigenvalue weighted by Crippen LogP contribution is 2.46. The summed E-state index contributed by atoms with van der Waals surface area (Å²) in [6.07, 6.45) is 1.92. The van der Waals surface area contributed by atoms with E-state index >= 15 is 0 Å². The number of amides is 1. The number of carbonyl (C=O) groups is 2. The molecule has 0 spiro atoms. The maximum Gasteiger partial charge on any atom is 0.319 e. The Kier molecular flexibility index (Phi) is 3.60. The standard InChI is InChI=1S/C15H19NO3/c1-3-10(2)11-4-6-12(7-5-11)16-13(17)15(8-9-15)14(18)19/h4-7,10H,3,8-9H2,1-2H3,(H,16,17)(H,18,19). The van der Waals surface area contributed by atoms with Gasteiger partial charge in [-0.1, -0.05) is 26.0 Å². The normalized spacial score (nSPS) is 17.6. The number of benzene rings is 1. The summed E-state index contributed by atoms with van der Waals surface area (Å²) in [6, 6.07) is 7.61. The number of anilines is 1. The fourth-order valence-corrected chi connectivity index (χ4v) is 2.04. The minimum absolute atomic E-state index is 0.406. The Morgan fingerprint density at radius 1 is 1.32 bits per heavy atom. The summed E-state index contributed by atoms with van der Waals surface area (Å²) < 4.78 is 0. The molecule has 1 unspecified atom stereocenters. The first kappa shape index (κ1) is 13.6. The molecule has 4 heteroatoms. The van der Waals surface area contributed by atoms with Crippen molar-refractivity contribution in [2.75, 3.05) is 5.32 Å². The van der Waals surface area contributed by atoms with Gasteiger partial charge in [-0.15, -0.1) is 0 Å². The highest BCUT2D eigenvalue weighted by atomic mass is 16.4. The molecule has 0 saturated heterocycles. The van der Waals surface area contributed by atoms with Crippen molar-refractivity contribution in [1.82, 2.24) is 0 Å². The Balaban J connectivity index is 2.04. The van der Waals surface area contributed by atoms with E-state index < -0.39 is 17.3 Å². The third kappa shape index (κ3) is 2.62. The van der Waals surface area contributed by atoms with Crippen LogP contribution >= 0.6 is 0 Å². The Hall–Kier alpha value is -1.84. The average Bonchev–Trinajstić information content (AvgIpc) is 3.20. The van der Waals surface area contributed by atoms with Crippen LogP contribution in [0.25, 0.3) is 0 Å². The molecule has 1 aromatic rings. The second-order valence-corrected chi connectivity index (χ2v) is 5.27. The molecule has 0 bridgehead atoms. The molecule has 1 saturated carbocycles. The number of rotatable bonds is 5. The molecule has 2 N–H and O–H groups in total. The van der Waals surface area contributed by atoms with E-state index in [-0.39, 0.29) is 0 Å². The molecule has 102 valence electrons. The predicted octanol–water partition coefficient (Wildman–Crippen LogP) is 3.00. The molecule has 2 rings (SSSR count). The van der Waals surface area contributed by atoms with Crippen molar-refractivity contribution in [1.29, 1.82) is 0 Å². The Morgan fingerprint density at radius 2 is 1.89 bits per heavy atom. The molecule has 0 radical (unpaired) electrons. The number of nitrogens with one attached hydrogen (secondary N) is 1. The van der Waals surface area contributed by atoms with Gasteiger partial charge in [0, 0.05) is 5.69 Å². The van der Waals surface area contributed by atoms with Crippen LogP contribution in [0.3, 0.4) is 0 Å². The lowest BCUT2D eigenvalue weighted by Gasteiger charge is -2.13. The molecule has 0 heterocycles. The minimum Gasteiger partial charge on any atom is -0.480 e. The Labute approximate surface area is 112 Å². The van der Waals surface area contributed by atoms with Crippen molar-refractivity contribution in [2.45, 2.75) is 39.0 Å². The van der Waals surface area contributed by atoms with Gasteiger partial charge < -0.3 is 10.4 Å². The van der Waals surface area contributed by atoms with E-state index in [4.69, 9.17) is 5.11 Å². The molecule has 1 atom stereocenters. The largest absolute Gasteiger partial charge is 0.480 e. The predicted molar refractivity (Wildman–Crippen MR) is 73.1 cm³/mol.